The summed E-state index contributed by atoms with van der Waals surface area (Å²) in [5, 5.41) is 4.35. The van der Waals surface area contributed by atoms with Crippen molar-refractivity contribution in [2.24, 2.45) is 5.92 Å². The maximum absolute atomic E-state index is 13.5. The zero-order chi connectivity index (χ0) is 22.7. The molecule has 1 aliphatic rings. The minimum absolute atomic E-state index is 0.170. The Morgan fingerprint density at radius 3 is 2.62 bits per heavy atom. The van der Waals surface area contributed by atoms with E-state index in [4.69, 9.17) is 0 Å². The number of rotatable bonds is 7. The van der Waals surface area contributed by atoms with Crippen LogP contribution < -0.4 is 10.0 Å². The van der Waals surface area contributed by atoms with Crippen LogP contribution in [-0.4, -0.2) is 19.9 Å². The zero-order valence-corrected chi connectivity index (χ0v) is 20.0. The van der Waals surface area contributed by atoms with Crippen molar-refractivity contribution in [1.29, 1.82) is 0 Å². The minimum Gasteiger partial charge on any atom is -0.361 e. The van der Waals surface area contributed by atoms with E-state index in [1.54, 1.807) is 30.4 Å². The second-order valence-electron chi connectivity index (χ2n) is 8.41. The number of anilines is 2. The van der Waals surface area contributed by atoms with Gasteiger partial charge in [0, 0.05) is 6.54 Å². The van der Waals surface area contributed by atoms with Gasteiger partial charge in [0.1, 0.15) is 5.82 Å². The van der Waals surface area contributed by atoms with Crippen molar-refractivity contribution in [2.75, 3.05) is 16.6 Å². The van der Waals surface area contributed by atoms with Crippen LogP contribution in [0, 0.1) is 25.6 Å². The van der Waals surface area contributed by atoms with Crippen LogP contribution in [0.2, 0.25) is 0 Å². The number of nitrogens with one attached hydrogen (secondary N) is 2. The highest BCUT2D eigenvalue weighted by atomic mass is 32.2. The lowest BCUT2D eigenvalue weighted by Crippen LogP contribution is -2.16. The summed E-state index contributed by atoms with van der Waals surface area (Å²) in [6, 6.07) is 10.8. The fraction of sp³-hybridized carbons (Fsp3) is 0.375. The molecule has 1 aliphatic carbocycles. The molecule has 8 heteroatoms. The molecule has 5 nitrogen and oxygen atoms in total. The van der Waals surface area contributed by atoms with E-state index < -0.39 is 15.8 Å². The topological polar surface area (TPSA) is 71.1 Å². The predicted octanol–water partition coefficient (Wildman–Crippen LogP) is 6.36. The van der Waals surface area contributed by atoms with Crippen LogP contribution in [0.1, 0.15) is 43.4 Å². The summed E-state index contributed by atoms with van der Waals surface area (Å²) in [5.74, 6) is 0.200. The normalized spacial score (nSPS) is 15.0. The van der Waals surface area contributed by atoms with Crippen LogP contribution in [-0.2, 0) is 10.0 Å². The molecule has 0 bridgehead atoms. The van der Waals surface area contributed by atoms with Crippen molar-refractivity contribution in [1.82, 2.24) is 4.98 Å². The van der Waals surface area contributed by atoms with E-state index in [-0.39, 0.29) is 10.6 Å². The minimum atomic E-state index is -3.87. The van der Waals surface area contributed by atoms with Gasteiger partial charge in [0.25, 0.3) is 10.0 Å². The molecule has 1 aromatic heterocycles. The van der Waals surface area contributed by atoms with E-state index in [0.717, 1.165) is 33.9 Å². The summed E-state index contributed by atoms with van der Waals surface area (Å²) >= 11 is 1.55. The quantitative estimate of drug-likeness (QED) is 0.419. The van der Waals surface area contributed by atoms with Gasteiger partial charge in [-0.15, -0.1) is 0 Å². The molecule has 2 N–H and O–H groups in total. The number of thiazole rings is 1. The molecule has 3 aromatic rings. The third-order valence-electron chi connectivity index (χ3n) is 5.88. The molecule has 2 aromatic carbocycles. The Morgan fingerprint density at radius 2 is 1.88 bits per heavy atom. The molecule has 1 heterocycles. The van der Waals surface area contributed by atoms with Crippen LogP contribution in [0.25, 0.3) is 10.4 Å². The third-order valence-corrected chi connectivity index (χ3v) is 8.57. The molecule has 0 spiro atoms. The lowest BCUT2D eigenvalue weighted by atomic mass is 9.89. The highest BCUT2D eigenvalue weighted by molar-refractivity contribution is 7.92. The number of hydrogen-bond acceptors (Lipinski definition) is 5. The lowest BCUT2D eigenvalue weighted by molar-refractivity contribution is 0.373. The van der Waals surface area contributed by atoms with E-state index >= 15 is 0 Å². The van der Waals surface area contributed by atoms with Gasteiger partial charge in [0.05, 0.1) is 21.2 Å². The fourth-order valence-corrected chi connectivity index (χ4v) is 6.45. The van der Waals surface area contributed by atoms with E-state index in [0.29, 0.717) is 11.5 Å². The summed E-state index contributed by atoms with van der Waals surface area (Å²) in [6.45, 7) is 4.62. The molecule has 4 rings (SSSR count). The Balaban J connectivity index is 1.56. The summed E-state index contributed by atoms with van der Waals surface area (Å²) in [5.41, 5.74) is 2.48. The number of hydrogen-bond donors (Lipinski definition) is 2. The van der Waals surface area contributed by atoms with Gasteiger partial charge in [-0.05, 0) is 68.0 Å². The van der Waals surface area contributed by atoms with Gasteiger partial charge in [0.15, 0.2) is 5.13 Å². The Bertz CT molecular complexity index is 1200. The average Bonchev–Trinajstić information content (AvgIpc) is 3.13. The van der Waals surface area contributed by atoms with Crippen LogP contribution in [0.4, 0.5) is 15.2 Å². The van der Waals surface area contributed by atoms with Gasteiger partial charge < -0.3 is 5.32 Å². The van der Waals surface area contributed by atoms with Crippen LogP contribution in [0.5, 0.6) is 0 Å². The molecule has 1 saturated carbocycles. The Kier molecular flexibility index (Phi) is 6.81. The number of sulfonamides is 1. The highest BCUT2D eigenvalue weighted by Gasteiger charge is 2.20. The van der Waals surface area contributed by atoms with Crippen LogP contribution >= 0.6 is 11.3 Å². The van der Waals surface area contributed by atoms with Gasteiger partial charge >= 0.3 is 0 Å². The van der Waals surface area contributed by atoms with E-state index in [2.05, 4.69) is 15.0 Å². The molecule has 0 amide bonds. The molecule has 1 fully saturated rings. The summed E-state index contributed by atoms with van der Waals surface area (Å²) < 4.78 is 42.0. The van der Waals surface area contributed by atoms with Crippen molar-refractivity contribution in [2.45, 2.75) is 50.8 Å². The van der Waals surface area contributed by atoms with Crippen molar-refractivity contribution in [3.05, 3.63) is 59.5 Å². The molecule has 0 unspecified atom stereocenters. The zero-order valence-electron chi connectivity index (χ0n) is 18.3. The number of nitrogens with zero attached hydrogens (tertiary/aromatic N) is 1. The molecule has 0 saturated heterocycles. The molecule has 0 aliphatic heterocycles. The Hall–Kier alpha value is -2.45. The smallest absolute Gasteiger partial charge is 0.262 e. The lowest BCUT2D eigenvalue weighted by Gasteiger charge is -2.21. The standard InChI is InChI=1S/C24H28FN3O2S2/c1-16-11-12-19(13-22(16)32(29,30)28-21-10-6-9-20(25)14-21)23-17(2)27-24(31-23)26-15-18-7-4-3-5-8-18/h6,9-14,18,28H,3-5,7-8,15H2,1-2H3,(H,26,27). The molecular weight excluding hydrogens is 445 g/mol. The second-order valence-corrected chi connectivity index (χ2v) is 11.1. The fourth-order valence-electron chi connectivity index (χ4n) is 4.16. The van der Waals surface area contributed by atoms with Crippen molar-refractivity contribution >= 4 is 32.2 Å². The van der Waals surface area contributed by atoms with Gasteiger partial charge in [-0.3, -0.25) is 4.72 Å². The third kappa shape index (κ3) is 5.30. The second kappa shape index (κ2) is 9.58. The van der Waals surface area contributed by atoms with Gasteiger partial charge in [-0.2, -0.15) is 0 Å². The van der Waals surface area contributed by atoms with Gasteiger partial charge in [-0.25, -0.2) is 17.8 Å². The van der Waals surface area contributed by atoms with Crippen molar-refractivity contribution in [3.63, 3.8) is 0 Å². The van der Waals surface area contributed by atoms with Crippen LogP contribution in [0.15, 0.2) is 47.4 Å². The number of benzene rings is 2. The van der Waals surface area contributed by atoms with Crippen molar-refractivity contribution < 1.29 is 12.8 Å². The maximum atomic E-state index is 13.5. The molecular formula is C24H28FN3O2S2. The van der Waals surface area contributed by atoms with E-state index in [1.807, 2.05) is 13.0 Å². The first kappa shape index (κ1) is 22.7. The first-order chi connectivity index (χ1) is 15.3. The molecule has 170 valence electrons. The first-order valence-corrected chi connectivity index (χ1v) is 13.2. The van der Waals surface area contributed by atoms with E-state index in [9.17, 15) is 12.8 Å². The summed E-state index contributed by atoms with van der Waals surface area (Å²) in [4.78, 5) is 5.78. The largest absolute Gasteiger partial charge is 0.361 e. The number of aromatic nitrogens is 1. The summed E-state index contributed by atoms with van der Waals surface area (Å²) in [6.07, 6.45) is 6.48. The summed E-state index contributed by atoms with van der Waals surface area (Å²) in [7, 11) is -3.87. The predicted molar refractivity (Wildman–Crippen MR) is 129 cm³/mol. The monoisotopic (exact) mass is 473 g/mol. The molecule has 0 radical (unpaired) electrons. The highest BCUT2D eigenvalue weighted by Crippen LogP contribution is 2.35. The Morgan fingerprint density at radius 1 is 1.09 bits per heavy atom. The maximum Gasteiger partial charge on any atom is 0.262 e. The molecule has 32 heavy (non-hydrogen) atoms. The van der Waals surface area contributed by atoms with E-state index in [1.165, 1.54) is 50.3 Å². The van der Waals surface area contributed by atoms with Gasteiger partial charge in [0.2, 0.25) is 0 Å². The first-order valence-electron chi connectivity index (χ1n) is 10.9. The Labute approximate surface area is 193 Å². The van der Waals surface area contributed by atoms with Gasteiger partial charge in [-0.1, -0.05) is 48.8 Å². The molecule has 0 atom stereocenters. The number of aryl methyl sites for hydroxylation is 2. The number of halogens is 1. The van der Waals surface area contributed by atoms with Crippen molar-refractivity contribution in [3.8, 4) is 10.4 Å². The SMILES string of the molecule is Cc1ccc(-c2sc(NCC3CCCCC3)nc2C)cc1S(=O)(=O)Nc1cccc(F)c1. The average molecular weight is 474 g/mol. The van der Waals surface area contributed by atoms with Crippen LogP contribution in [0.3, 0.4) is 0 Å².